The van der Waals surface area contributed by atoms with Gasteiger partial charge in [-0.1, -0.05) is 30.3 Å². The molecule has 0 saturated carbocycles. The third-order valence-corrected chi connectivity index (χ3v) is 2.62. The summed E-state index contributed by atoms with van der Waals surface area (Å²) >= 11 is 0. The number of carbonyl (C=O) groups is 1. The maximum Gasteiger partial charge on any atom is 0.0643 e. The fraction of sp³-hybridized carbons (Fsp3) is 0.308. The number of carbonyl (C=O) groups excluding carboxylic acids is 1. The molecule has 16 heavy (non-hydrogen) atoms. The molecule has 0 N–H and O–H groups in total. The van der Waals surface area contributed by atoms with Crippen LogP contribution in [-0.2, 0) is 4.79 Å². The van der Waals surface area contributed by atoms with E-state index >= 15 is 0 Å². The molecule has 0 fully saturated rings. The summed E-state index contributed by atoms with van der Waals surface area (Å²) < 4.78 is 0. The van der Waals surface area contributed by atoms with Crippen LogP contribution >= 0.6 is 0 Å². The molecular weight excluding hydrogens is 202 g/mol. The van der Waals surface area contributed by atoms with Crippen molar-refractivity contribution in [2.24, 2.45) is 0 Å². The number of nitrogens with zero attached hydrogens (tertiary/aromatic N) is 1. The van der Waals surface area contributed by atoms with Crippen molar-refractivity contribution >= 4 is 12.0 Å². The molecule has 0 bridgehead atoms. The van der Waals surface area contributed by atoms with Crippen LogP contribution in [-0.4, -0.2) is 25.0 Å². The molecule has 0 saturated heterocycles. The van der Waals surface area contributed by atoms with E-state index in [9.17, 15) is 9.90 Å². The SMILES string of the molecule is CC(c1ccccc1/C=C/C(=O)[O-])N(C)C. The fourth-order valence-electron chi connectivity index (χ4n) is 1.48. The minimum absolute atomic E-state index is 0.239. The summed E-state index contributed by atoms with van der Waals surface area (Å²) in [6.45, 7) is 2.08. The lowest BCUT2D eigenvalue weighted by Crippen LogP contribution is -2.19. The molecule has 1 rings (SSSR count). The quantitative estimate of drug-likeness (QED) is 0.710. The number of rotatable bonds is 4. The third kappa shape index (κ3) is 3.21. The van der Waals surface area contributed by atoms with E-state index in [1.54, 1.807) is 6.08 Å². The Morgan fingerprint density at radius 3 is 2.56 bits per heavy atom. The monoisotopic (exact) mass is 218 g/mol. The maximum absolute atomic E-state index is 10.4. The van der Waals surface area contributed by atoms with E-state index in [-0.39, 0.29) is 6.04 Å². The predicted molar refractivity (Wildman–Crippen MR) is 62.6 cm³/mol. The molecule has 3 nitrogen and oxygen atoms in total. The van der Waals surface area contributed by atoms with Crippen LogP contribution < -0.4 is 5.11 Å². The van der Waals surface area contributed by atoms with E-state index in [0.29, 0.717) is 0 Å². The number of aliphatic carboxylic acids is 1. The largest absolute Gasteiger partial charge is 0.545 e. The first-order chi connectivity index (χ1) is 7.52. The Kier molecular flexibility index (Phi) is 4.26. The average molecular weight is 218 g/mol. The smallest absolute Gasteiger partial charge is 0.0643 e. The van der Waals surface area contributed by atoms with Crippen molar-refractivity contribution in [2.45, 2.75) is 13.0 Å². The zero-order valence-electron chi connectivity index (χ0n) is 9.81. The highest BCUT2D eigenvalue weighted by molar-refractivity contribution is 5.83. The van der Waals surface area contributed by atoms with Crippen molar-refractivity contribution in [3.05, 3.63) is 41.5 Å². The second-order valence-corrected chi connectivity index (χ2v) is 3.92. The van der Waals surface area contributed by atoms with Crippen LogP contribution in [0.5, 0.6) is 0 Å². The lowest BCUT2D eigenvalue weighted by molar-refractivity contribution is -0.297. The van der Waals surface area contributed by atoms with E-state index in [4.69, 9.17) is 0 Å². The molecule has 0 spiro atoms. The molecule has 0 aliphatic rings. The van der Waals surface area contributed by atoms with Gasteiger partial charge in [-0.05, 0) is 38.2 Å². The van der Waals surface area contributed by atoms with Gasteiger partial charge >= 0.3 is 0 Å². The summed E-state index contributed by atoms with van der Waals surface area (Å²) in [7, 11) is 3.98. The van der Waals surface area contributed by atoms with Gasteiger partial charge in [0.05, 0.1) is 5.97 Å². The lowest BCUT2D eigenvalue weighted by Gasteiger charge is -2.22. The first kappa shape index (κ1) is 12.5. The first-order valence-electron chi connectivity index (χ1n) is 5.16. The highest BCUT2D eigenvalue weighted by Gasteiger charge is 2.09. The molecule has 1 aromatic carbocycles. The Labute approximate surface area is 96.0 Å². The van der Waals surface area contributed by atoms with E-state index in [1.807, 2.05) is 38.4 Å². The molecule has 3 heteroatoms. The van der Waals surface area contributed by atoms with Crippen molar-refractivity contribution < 1.29 is 9.90 Å². The molecule has 0 radical (unpaired) electrons. The second-order valence-electron chi connectivity index (χ2n) is 3.92. The van der Waals surface area contributed by atoms with Crippen LogP contribution in [0.2, 0.25) is 0 Å². The van der Waals surface area contributed by atoms with E-state index in [0.717, 1.165) is 17.2 Å². The molecule has 1 unspecified atom stereocenters. The number of hydrogen-bond donors (Lipinski definition) is 0. The van der Waals surface area contributed by atoms with E-state index in [2.05, 4.69) is 11.8 Å². The highest BCUT2D eigenvalue weighted by atomic mass is 16.4. The number of benzene rings is 1. The van der Waals surface area contributed by atoms with Gasteiger partial charge in [-0.15, -0.1) is 0 Å². The maximum atomic E-state index is 10.4. The summed E-state index contributed by atoms with van der Waals surface area (Å²) in [4.78, 5) is 12.5. The molecular formula is C13H16NO2-. The molecule has 0 amide bonds. The van der Waals surface area contributed by atoms with Gasteiger partial charge < -0.3 is 14.8 Å². The van der Waals surface area contributed by atoms with Crippen LogP contribution in [0.1, 0.15) is 24.1 Å². The van der Waals surface area contributed by atoms with Gasteiger partial charge in [0, 0.05) is 6.04 Å². The highest BCUT2D eigenvalue weighted by Crippen LogP contribution is 2.22. The van der Waals surface area contributed by atoms with Gasteiger partial charge in [0.2, 0.25) is 0 Å². The zero-order valence-corrected chi connectivity index (χ0v) is 9.81. The Morgan fingerprint density at radius 2 is 2.00 bits per heavy atom. The van der Waals surface area contributed by atoms with E-state index < -0.39 is 5.97 Å². The predicted octanol–water partition coefficient (Wildman–Crippen LogP) is 1.07. The molecule has 86 valence electrons. The van der Waals surface area contributed by atoms with Crippen molar-refractivity contribution in [2.75, 3.05) is 14.1 Å². The minimum Gasteiger partial charge on any atom is -0.545 e. The summed E-state index contributed by atoms with van der Waals surface area (Å²) in [5.41, 5.74) is 2.01. The van der Waals surface area contributed by atoms with Crippen LogP contribution in [0.25, 0.3) is 6.08 Å². The summed E-state index contributed by atoms with van der Waals surface area (Å²) in [5.74, 6) is -1.17. The lowest BCUT2D eigenvalue weighted by atomic mass is 10.0. The topological polar surface area (TPSA) is 43.4 Å². The minimum atomic E-state index is -1.17. The van der Waals surface area contributed by atoms with Gasteiger partial charge in [0.15, 0.2) is 0 Å². The Hall–Kier alpha value is -1.61. The number of carboxylic acid groups (broad SMARTS) is 1. The zero-order chi connectivity index (χ0) is 12.1. The van der Waals surface area contributed by atoms with Crippen molar-refractivity contribution in [3.63, 3.8) is 0 Å². The molecule has 0 aromatic heterocycles. The van der Waals surface area contributed by atoms with Crippen molar-refractivity contribution in [1.82, 2.24) is 4.90 Å². The van der Waals surface area contributed by atoms with Crippen LogP contribution in [0.3, 0.4) is 0 Å². The molecule has 1 atom stereocenters. The van der Waals surface area contributed by atoms with E-state index in [1.165, 1.54) is 0 Å². The summed E-state index contributed by atoms with van der Waals surface area (Å²) in [6, 6.07) is 7.98. The van der Waals surface area contributed by atoms with Gasteiger partial charge in [-0.2, -0.15) is 0 Å². The summed E-state index contributed by atoms with van der Waals surface area (Å²) in [6.07, 6.45) is 2.63. The Balaban J connectivity index is 3.05. The molecule has 0 heterocycles. The fourth-order valence-corrected chi connectivity index (χ4v) is 1.48. The van der Waals surface area contributed by atoms with Gasteiger partial charge in [-0.3, -0.25) is 0 Å². The third-order valence-electron chi connectivity index (χ3n) is 2.62. The van der Waals surface area contributed by atoms with Crippen molar-refractivity contribution in [3.8, 4) is 0 Å². The number of hydrogen-bond acceptors (Lipinski definition) is 3. The normalized spacial score (nSPS) is 13.2. The Morgan fingerprint density at radius 1 is 1.38 bits per heavy atom. The van der Waals surface area contributed by atoms with Gasteiger partial charge in [0.1, 0.15) is 0 Å². The van der Waals surface area contributed by atoms with Crippen molar-refractivity contribution in [1.29, 1.82) is 0 Å². The summed E-state index contributed by atoms with van der Waals surface area (Å²) in [5, 5.41) is 10.4. The van der Waals surface area contributed by atoms with Crippen LogP contribution in [0, 0.1) is 0 Å². The van der Waals surface area contributed by atoms with Gasteiger partial charge in [-0.25, -0.2) is 0 Å². The molecule has 1 aromatic rings. The standard InChI is InChI=1S/C13H17NO2/c1-10(14(2)3)12-7-5-4-6-11(12)8-9-13(15)16/h4-10H,1-3H3,(H,15,16)/p-1/b9-8+. The number of carboxylic acids is 1. The molecule has 0 aliphatic carbocycles. The Bertz CT molecular complexity index is 397. The average Bonchev–Trinajstić information content (AvgIpc) is 2.25. The molecule has 0 aliphatic heterocycles. The first-order valence-corrected chi connectivity index (χ1v) is 5.16. The second kappa shape index (κ2) is 5.47. The van der Waals surface area contributed by atoms with Gasteiger partial charge in [0.25, 0.3) is 0 Å². The van der Waals surface area contributed by atoms with Crippen LogP contribution in [0.4, 0.5) is 0 Å². The van der Waals surface area contributed by atoms with Crippen LogP contribution in [0.15, 0.2) is 30.3 Å².